The van der Waals surface area contributed by atoms with Crippen molar-refractivity contribution in [3.63, 3.8) is 0 Å². The van der Waals surface area contributed by atoms with Gasteiger partial charge in [0.15, 0.2) is 0 Å². The third kappa shape index (κ3) is 3.74. The van der Waals surface area contributed by atoms with E-state index < -0.39 is 0 Å². The van der Waals surface area contributed by atoms with Crippen molar-refractivity contribution < 1.29 is 4.79 Å². The number of nitriles is 1. The number of anilines is 2. The summed E-state index contributed by atoms with van der Waals surface area (Å²) in [6.45, 7) is 7.25. The Morgan fingerprint density at radius 2 is 1.80 bits per heavy atom. The van der Waals surface area contributed by atoms with Gasteiger partial charge in [-0.3, -0.25) is 0 Å². The quantitative estimate of drug-likeness (QED) is 0.914. The first-order valence-corrected chi connectivity index (χ1v) is 8.46. The van der Waals surface area contributed by atoms with E-state index in [1.165, 1.54) is 16.8 Å². The lowest BCUT2D eigenvalue weighted by Crippen LogP contribution is -2.50. The Hall–Kier alpha value is -3.00. The lowest BCUT2D eigenvalue weighted by atomic mass is 10.1. The van der Waals surface area contributed by atoms with Gasteiger partial charge in [-0.25, -0.2) is 4.79 Å². The molecule has 1 N–H and O–H groups in total. The van der Waals surface area contributed by atoms with Crippen LogP contribution in [0.1, 0.15) is 16.7 Å². The maximum Gasteiger partial charge on any atom is 0.321 e. The Morgan fingerprint density at radius 3 is 2.52 bits per heavy atom. The monoisotopic (exact) mass is 334 g/mol. The van der Waals surface area contributed by atoms with Crippen LogP contribution in [-0.2, 0) is 0 Å². The number of carbonyl (C=O) groups is 1. The van der Waals surface area contributed by atoms with E-state index in [0.717, 1.165) is 13.1 Å². The van der Waals surface area contributed by atoms with Crippen molar-refractivity contribution in [2.24, 2.45) is 0 Å². The number of urea groups is 1. The first kappa shape index (κ1) is 16.8. The Bertz CT molecular complexity index is 817. The Balaban J connectivity index is 1.61. The molecule has 0 radical (unpaired) electrons. The van der Waals surface area contributed by atoms with Crippen molar-refractivity contribution in [3.8, 4) is 6.07 Å². The van der Waals surface area contributed by atoms with Gasteiger partial charge in [0.25, 0.3) is 0 Å². The highest BCUT2D eigenvalue weighted by Crippen LogP contribution is 2.24. The molecule has 0 bridgehead atoms. The van der Waals surface area contributed by atoms with Gasteiger partial charge < -0.3 is 15.1 Å². The van der Waals surface area contributed by atoms with Crippen LogP contribution < -0.4 is 10.2 Å². The van der Waals surface area contributed by atoms with Crippen LogP contribution in [0.2, 0.25) is 0 Å². The van der Waals surface area contributed by atoms with Crippen molar-refractivity contribution >= 4 is 17.4 Å². The van der Waals surface area contributed by atoms with Gasteiger partial charge in [0.05, 0.1) is 11.6 Å². The largest absolute Gasteiger partial charge is 0.368 e. The molecule has 1 aliphatic rings. The zero-order valence-corrected chi connectivity index (χ0v) is 14.6. The number of nitrogens with one attached hydrogen (secondary N) is 1. The molecule has 0 spiro atoms. The maximum absolute atomic E-state index is 12.4. The fourth-order valence-corrected chi connectivity index (χ4v) is 3.10. The number of hydrogen-bond donors (Lipinski definition) is 1. The van der Waals surface area contributed by atoms with E-state index in [1.54, 1.807) is 24.3 Å². The van der Waals surface area contributed by atoms with Crippen LogP contribution in [0, 0.1) is 25.2 Å². The van der Waals surface area contributed by atoms with E-state index in [0.29, 0.717) is 24.3 Å². The van der Waals surface area contributed by atoms with E-state index in [1.807, 2.05) is 4.90 Å². The highest BCUT2D eigenvalue weighted by molar-refractivity contribution is 5.89. The summed E-state index contributed by atoms with van der Waals surface area (Å²) in [7, 11) is 0. The molecule has 0 atom stereocenters. The predicted molar refractivity (Wildman–Crippen MR) is 99.9 cm³/mol. The van der Waals surface area contributed by atoms with Crippen LogP contribution in [0.15, 0.2) is 42.5 Å². The molecule has 1 heterocycles. The molecule has 0 aliphatic carbocycles. The van der Waals surface area contributed by atoms with Gasteiger partial charge in [-0.1, -0.05) is 18.2 Å². The van der Waals surface area contributed by atoms with Gasteiger partial charge in [-0.05, 0) is 49.2 Å². The van der Waals surface area contributed by atoms with Gasteiger partial charge in [-0.2, -0.15) is 5.26 Å². The fourth-order valence-electron chi connectivity index (χ4n) is 3.10. The van der Waals surface area contributed by atoms with E-state index in [2.05, 4.69) is 48.3 Å². The maximum atomic E-state index is 12.4. The number of hydrogen-bond acceptors (Lipinski definition) is 3. The summed E-state index contributed by atoms with van der Waals surface area (Å²) in [5.74, 6) is 0. The van der Waals surface area contributed by atoms with Crippen molar-refractivity contribution in [2.45, 2.75) is 13.8 Å². The third-order valence-corrected chi connectivity index (χ3v) is 4.73. The molecular weight excluding hydrogens is 312 g/mol. The molecule has 128 valence electrons. The lowest BCUT2D eigenvalue weighted by molar-refractivity contribution is 0.208. The molecule has 1 saturated heterocycles. The topological polar surface area (TPSA) is 59.4 Å². The first-order chi connectivity index (χ1) is 12.1. The second kappa shape index (κ2) is 7.27. The highest BCUT2D eigenvalue weighted by atomic mass is 16.2. The standard InChI is InChI=1S/C20H22N4O/c1-15-5-3-8-19(16(15)2)23-9-11-24(12-10-23)20(25)22-18-7-4-6-17(13-18)14-21/h3-8,13H,9-12H2,1-2H3,(H,22,25). The molecule has 3 rings (SSSR count). The minimum Gasteiger partial charge on any atom is -0.368 e. The van der Waals surface area contributed by atoms with Crippen molar-refractivity contribution in [2.75, 3.05) is 36.4 Å². The fraction of sp³-hybridized carbons (Fsp3) is 0.300. The minimum absolute atomic E-state index is 0.115. The van der Waals surface area contributed by atoms with E-state index in [4.69, 9.17) is 5.26 Å². The molecule has 0 saturated carbocycles. The zero-order chi connectivity index (χ0) is 17.8. The SMILES string of the molecule is Cc1cccc(N2CCN(C(=O)Nc3cccc(C#N)c3)CC2)c1C. The molecule has 2 aromatic carbocycles. The van der Waals surface area contributed by atoms with E-state index in [-0.39, 0.29) is 6.03 Å². The van der Waals surface area contributed by atoms with Gasteiger partial charge in [0, 0.05) is 37.6 Å². The molecule has 5 nitrogen and oxygen atoms in total. The van der Waals surface area contributed by atoms with Gasteiger partial charge in [0.2, 0.25) is 0 Å². The lowest BCUT2D eigenvalue weighted by Gasteiger charge is -2.37. The Kier molecular flexibility index (Phi) is 4.90. The number of aryl methyl sites for hydroxylation is 1. The van der Waals surface area contributed by atoms with Gasteiger partial charge in [0.1, 0.15) is 0 Å². The smallest absolute Gasteiger partial charge is 0.321 e. The van der Waals surface area contributed by atoms with Crippen molar-refractivity contribution in [1.82, 2.24) is 4.90 Å². The van der Waals surface area contributed by atoms with Crippen molar-refractivity contribution in [1.29, 1.82) is 5.26 Å². The summed E-state index contributed by atoms with van der Waals surface area (Å²) in [5.41, 5.74) is 5.03. The number of rotatable bonds is 2. The highest BCUT2D eigenvalue weighted by Gasteiger charge is 2.22. The normalized spacial score (nSPS) is 14.1. The van der Waals surface area contributed by atoms with Crippen molar-refractivity contribution in [3.05, 3.63) is 59.2 Å². The van der Waals surface area contributed by atoms with Gasteiger partial charge >= 0.3 is 6.03 Å². The average molecular weight is 334 g/mol. The third-order valence-electron chi connectivity index (χ3n) is 4.73. The second-order valence-electron chi connectivity index (χ2n) is 6.32. The summed E-state index contributed by atoms with van der Waals surface area (Å²) in [6, 6.07) is 15.3. The Morgan fingerprint density at radius 1 is 1.08 bits per heavy atom. The van der Waals surface area contributed by atoms with Gasteiger partial charge in [-0.15, -0.1) is 0 Å². The number of benzene rings is 2. The molecule has 1 aliphatic heterocycles. The molecule has 1 fully saturated rings. The summed E-state index contributed by atoms with van der Waals surface area (Å²) >= 11 is 0. The number of carbonyl (C=O) groups excluding carboxylic acids is 1. The number of piperazine rings is 1. The number of amides is 2. The van der Waals surface area contributed by atoms with Crippen LogP contribution in [0.4, 0.5) is 16.2 Å². The van der Waals surface area contributed by atoms with Crippen LogP contribution in [0.5, 0.6) is 0 Å². The van der Waals surface area contributed by atoms with Crippen LogP contribution >= 0.6 is 0 Å². The zero-order valence-electron chi connectivity index (χ0n) is 14.6. The van der Waals surface area contributed by atoms with E-state index in [9.17, 15) is 4.79 Å². The summed E-state index contributed by atoms with van der Waals surface area (Å²) in [6.07, 6.45) is 0. The summed E-state index contributed by atoms with van der Waals surface area (Å²) < 4.78 is 0. The molecular formula is C20H22N4O. The average Bonchev–Trinajstić information content (AvgIpc) is 2.64. The second-order valence-corrected chi connectivity index (χ2v) is 6.32. The van der Waals surface area contributed by atoms with Crippen LogP contribution in [-0.4, -0.2) is 37.1 Å². The van der Waals surface area contributed by atoms with Crippen LogP contribution in [0.25, 0.3) is 0 Å². The molecule has 2 aromatic rings. The van der Waals surface area contributed by atoms with Crippen LogP contribution in [0.3, 0.4) is 0 Å². The number of nitrogens with zero attached hydrogens (tertiary/aromatic N) is 3. The first-order valence-electron chi connectivity index (χ1n) is 8.46. The Labute approximate surface area is 148 Å². The molecule has 25 heavy (non-hydrogen) atoms. The summed E-state index contributed by atoms with van der Waals surface area (Å²) in [5, 5.41) is 11.8. The molecule has 0 aromatic heterocycles. The molecule has 5 heteroatoms. The predicted octanol–water partition coefficient (Wildman–Crippen LogP) is 3.53. The summed E-state index contributed by atoms with van der Waals surface area (Å²) in [4.78, 5) is 16.6. The molecule has 2 amide bonds. The molecule has 0 unspecified atom stereocenters. The minimum atomic E-state index is -0.115. The van der Waals surface area contributed by atoms with E-state index >= 15 is 0 Å².